The number of fused-ring (bicyclic) bond motifs is 3. The SMILES string of the molecule is COc1ccc(C(=O)Cn2c3ccccc3n3nc(-c4ccco4)nc23)cc1. The third-order valence-electron chi connectivity index (χ3n) is 4.69. The topological polar surface area (TPSA) is 74.6 Å². The molecule has 3 aromatic heterocycles. The monoisotopic (exact) mass is 372 g/mol. The lowest BCUT2D eigenvalue weighted by Gasteiger charge is -2.05. The molecule has 0 spiro atoms. The lowest BCUT2D eigenvalue weighted by molar-refractivity contribution is 0.0974. The number of ketones is 1. The molecule has 0 radical (unpaired) electrons. The molecule has 0 N–H and O–H groups in total. The van der Waals surface area contributed by atoms with E-state index < -0.39 is 0 Å². The molecule has 0 aliphatic heterocycles. The molecule has 0 atom stereocenters. The molecule has 0 unspecified atom stereocenters. The van der Waals surface area contributed by atoms with Crippen LogP contribution in [0.5, 0.6) is 5.75 Å². The number of hydrogen-bond acceptors (Lipinski definition) is 5. The summed E-state index contributed by atoms with van der Waals surface area (Å²) in [6, 6.07) is 18.5. The van der Waals surface area contributed by atoms with E-state index in [2.05, 4.69) is 10.1 Å². The molecule has 3 heterocycles. The minimum absolute atomic E-state index is 0.0199. The Hall–Kier alpha value is -3.87. The standard InChI is InChI=1S/C21H16N4O3/c1-27-15-10-8-14(9-11-15)18(26)13-24-16-5-2-3-6-17(16)25-21(24)22-20(23-25)19-7-4-12-28-19/h2-12H,13H2,1H3. The van der Waals surface area contributed by atoms with Crippen LogP contribution in [0.2, 0.25) is 0 Å². The number of carbonyl (C=O) groups excluding carboxylic acids is 1. The Morgan fingerprint density at radius 2 is 1.82 bits per heavy atom. The van der Waals surface area contributed by atoms with Crippen LogP contribution in [0, 0.1) is 0 Å². The van der Waals surface area contributed by atoms with E-state index in [1.807, 2.05) is 34.9 Å². The first-order valence-electron chi connectivity index (χ1n) is 8.80. The van der Waals surface area contributed by atoms with Gasteiger partial charge in [0.05, 0.1) is 31.0 Å². The Bertz CT molecular complexity index is 1280. The molecule has 7 nitrogen and oxygen atoms in total. The molecule has 0 aliphatic rings. The van der Waals surface area contributed by atoms with Crippen molar-refractivity contribution >= 4 is 22.6 Å². The Morgan fingerprint density at radius 1 is 1.04 bits per heavy atom. The van der Waals surface area contributed by atoms with Crippen molar-refractivity contribution in [3.63, 3.8) is 0 Å². The highest BCUT2D eigenvalue weighted by Crippen LogP contribution is 2.24. The van der Waals surface area contributed by atoms with Crippen LogP contribution in [0.4, 0.5) is 0 Å². The average molecular weight is 372 g/mol. The number of para-hydroxylation sites is 2. The third kappa shape index (κ3) is 2.56. The van der Waals surface area contributed by atoms with Gasteiger partial charge in [-0.05, 0) is 48.5 Å². The predicted octanol–water partition coefficient (Wildman–Crippen LogP) is 3.84. The van der Waals surface area contributed by atoms with Crippen LogP contribution >= 0.6 is 0 Å². The number of carbonyl (C=O) groups is 1. The maximum atomic E-state index is 12.9. The van der Waals surface area contributed by atoms with Crippen LogP contribution in [-0.4, -0.2) is 32.1 Å². The molecule has 138 valence electrons. The number of benzene rings is 2. The van der Waals surface area contributed by atoms with Crippen molar-refractivity contribution < 1.29 is 13.9 Å². The second-order valence-electron chi connectivity index (χ2n) is 6.35. The van der Waals surface area contributed by atoms with Crippen LogP contribution in [-0.2, 0) is 6.54 Å². The molecule has 0 saturated heterocycles. The number of ether oxygens (including phenoxy) is 1. The quantitative estimate of drug-likeness (QED) is 0.438. The fourth-order valence-electron chi connectivity index (χ4n) is 3.30. The van der Waals surface area contributed by atoms with Crippen molar-refractivity contribution in [3.8, 4) is 17.3 Å². The van der Waals surface area contributed by atoms with Crippen molar-refractivity contribution in [2.45, 2.75) is 6.54 Å². The maximum Gasteiger partial charge on any atom is 0.234 e. The van der Waals surface area contributed by atoms with E-state index in [-0.39, 0.29) is 12.3 Å². The fourth-order valence-corrected chi connectivity index (χ4v) is 3.30. The molecule has 5 aromatic rings. The van der Waals surface area contributed by atoms with Gasteiger partial charge in [-0.3, -0.25) is 4.79 Å². The molecule has 0 amide bonds. The number of hydrogen-bond donors (Lipinski definition) is 0. The lowest BCUT2D eigenvalue weighted by atomic mass is 10.1. The van der Waals surface area contributed by atoms with Crippen molar-refractivity contribution in [1.29, 1.82) is 0 Å². The minimum Gasteiger partial charge on any atom is -0.497 e. The van der Waals surface area contributed by atoms with Gasteiger partial charge in [-0.1, -0.05) is 12.1 Å². The normalized spacial score (nSPS) is 11.3. The third-order valence-corrected chi connectivity index (χ3v) is 4.69. The molecule has 0 fully saturated rings. The van der Waals surface area contributed by atoms with Crippen LogP contribution in [0.15, 0.2) is 71.3 Å². The van der Waals surface area contributed by atoms with Gasteiger partial charge in [0.15, 0.2) is 11.5 Å². The number of furan rings is 1. The molecular weight excluding hydrogens is 356 g/mol. The highest BCUT2D eigenvalue weighted by molar-refractivity contribution is 5.97. The van der Waals surface area contributed by atoms with Crippen molar-refractivity contribution in [2.24, 2.45) is 0 Å². The van der Waals surface area contributed by atoms with Gasteiger partial charge in [-0.25, -0.2) is 0 Å². The highest BCUT2D eigenvalue weighted by atomic mass is 16.5. The Morgan fingerprint density at radius 3 is 2.54 bits per heavy atom. The van der Waals surface area contributed by atoms with Gasteiger partial charge in [-0.2, -0.15) is 9.50 Å². The molecule has 0 bridgehead atoms. The molecule has 0 aliphatic carbocycles. The first kappa shape index (κ1) is 16.3. The first-order chi connectivity index (χ1) is 13.7. The summed E-state index contributed by atoms with van der Waals surface area (Å²) in [7, 11) is 1.60. The maximum absolute atomic E-state index is 12.9. The zero-order chi connectivity index (χ0) is 19.1. The van der Waals surface area contributed by atoms with Crippen LogP contribution < -0.4 is 4.74 Å². The van der Waals surface area contributed by atoms with Crippen molar-refractivity contribution in [3.05, 3.63) is 72.5 Å². The van der Waals surface area contributed by atoms with Crippen LogP contribution in [0.3, 0.4) is 0 Å². The van der Waals surface area contributed by atoms with Gasteiger partial charge in [0.25, 0.3) is 0 Å². The summed E-state index contributed by atoms with van der Waals surface area (Å²) < 4.78 is 14.2. The van der Waals surface area contributed by atoms with E-state index in [0.717, 1.165) is 11.0 Å². The van der Waals surface area contributed by atoms with Gasteiger partial charge >= 0.3 is 0 Å². The van der Waals surface area contributed by atoms with E-state index in [9.17, 15) is 4.79 Å². The summed E-state index contributed by atoms with van der Waals surface area (Å²) in [5.74, 6) is 2.35. The number of imidazole rings is 1. The van der Waals surface area contributed by atoms with E-state index in [0.29, 0.717) is 28.7 Å². The smallest absolute Gasteiger partial charge is 0.234 e. The Balaban J connectivity index is 1.61. The van der Waals surface area contributed by atoms with Gasteiger partial charge in [0, 0.05) is 5.56 Å². The minimum atomic E-state index is -0.0199. The van der Waals surface area contributed by atoms with E-state index >= 15 is 0 Å². The highest BCUT2D eigenvalue weighted by Gasteiger charge is 2.19. The summed E-state index contributed by atoms with van der Waals surface area (Å²) in [4.78, 5) is 17.5. The second kappa shape index (κ2) is 6.38. The summed E-state index contributed by atoms with van der Waals surface area (Å²) >= 11 is 0. The zero-order valence-electron chi connectivity index (χ0n) is 15.1. The number of Topliss-reactive ketones (excluding diaryl/α,β-unsaturated/α-hetero) is 1. The van der Waals surface area contributed by atoms with E-state index in [4.69, 9.17) is 9.15 Å². The number of nitrogens with zero attached hydrogens (tertiary/aromatic N) is 4. The summed E-state index contributed by atoms with van der Waals surface area (Å²) in [5, 5.41) is 4.57. The van der Waals surface area contributed by atoms with Gasteiger partial charge in [0.2, 0.25) is 11.6 Å². The van der Waals surface area contributed by atoms with E-state index in [1.165, 1.54) is 0 Å². The first-order valence-corrected chi connectivity index (χ1v) is 8.80. The molecule has 28 heavy (non-hydrogen) atoms. The molecular formula is C21H16N4O3. The van der Waals surface area contributed by atoms with Gasteiger partial charge in [-0.15, -0.1) is 5.10 Å². The summed E-state index contributed by atoms with van der Waals surface area (Å²) in [5.41, 5.74) is 2.39. The van der Waals surface area contributed by atoms with Gasteiger partial charge < -0.3 is 13.7 Å². The van der Waals surface area contributed by atoms with E-state index in [1.54, 1.807) is 48.2 Å². The molecule has 0 saturated carbocycles. The zero-order valence-corrected chi connectivity index (χ0v) is 15.1. The van der Waals surface area contributed by atoms with Crippen molar-refractivity contribution in [2.75, 3.05) is 7.11 Å². The largest absolute Gasteiger partial charge is 0.497 e. The molecule has 2 aromatic carbocycles. The summed E-state index contributed by atoms with van der Waals surface area (Å²) in [6.07, 6.45) is 1.58. The number of methoxy groups -OCH3 is 1. The predicted molar refractivity (Wildman–Crippen MR) is 104 cm³/mol. The Kier molecular flexibility index (Phi) is 3.72. The lowest BCUT2D eigenvalue weighted by Crippen LogP contribution is -2.10. The fraction of sp³-hybridized carbons (Fsp3) is 0.0952. The Labute approximate surface area is 159 Å². The number of aromatic nitrogens is 4. The van der Waals surface area contributed by atoms with Crippen molar-refractivity contribution in [1.82, 2.24) is 19.2 Å². The van der Waals surface area contributed by atoms with Crippen LogP contribution in [0.25, 0.3) is 28.4 Å². The average Bonchev–Trinajstić information content (AvgIpc) is 3.46. The second-order valence-corrected chi connectivity index (χ2v) is 6.35. The number of rotatable bonds is 5. The summed E-state index contributed by atoms with van der Waals surface area (Å²) in [6.45, 7) is 0.152. The van der Waals surface area contributed by atoms with Crippen LogP contribution in [0.1, 0.15) is 10.4 Å². The van der Waals surface area contributed by atoms with Gasteiger partial charge in [0.1, 0.15) is 5.75 Å². The molecule has 7 heteroatoms. The molecule has 5 rings (SSSR count).